The fourth-order valence-electron chi connectivity index (χ4n) is 12.5. The third-order valence-corrected chi connectivity index (χ3v) is 19.2. The summed E-state index contributed by atoms with van der Waals surface area (Å²) < 4.78 is 229. The normalized spacial score (nSPS) is 16.2. The van der Waals surface area contributed by atoms with Crippen LogP contribution in [0.25, 0.3) is 32.7 Å². The number of benzene rings is 3. The number of alkyl halides is 15. The molecule has 726 valence electrons. The van der Waals surface area contributed by atoms with Gasteiger partial charge in [0.2, 0.25) is 35.4 Å². The van der Waals surface area contributed by atoms with Gasteiger partial charge in [-0.3, -0.25) is 48.4 Å². The first-order chi connectivity index (χ1) is 60.6. The SMILES string of the molecule is CC(C)(C)OO.COc1ccc(C(F)(F)F)c2[nH]c(C(=O)N[C@@H](CC(C)C)C(=O)N[C@H](C#N)C[C@@H]3CCNC3=O)cc12.COc1cccc2[nH]c(C(=O)N[C@@H](CC(C)C)C(=O)N[C@H](C#N)C[C@@H]3CCNC3=O)c(C(F)(F)F)c12.COc1cccc2[nH]c(C(=O)N[C@@H](CC(C)C)C(=O)N[C@H](C#N)C[C@@H]3CCNC3=O)cc12.O=C(O)C(F)(F)F.O=[S-](=O)C(F)(F)F.O=[S-](=O)C(F)(F)F.[Zn+2]. The largest absolute Gasteiger partial charge is 2.00 e. The molecule has 35 nitrogen and oxygen atoms in total. The number of nitrogens with one attached hydrogen (secondary N) is 12. The molecule has 3 saturated heterocycles. The molecule has 132 heavy (non-hydrogen) atoms. The van der Waals surface area contributed by atoms with Crippen LogP contribution in [-0.4, -0.2) is 184 Å². The van der Waals surface area contributed by atoms with Gasteiger partial charge in [0.25, 0.3) is 17.7 Å². The van der Waals surface area contributed by atoms with E-state index in [0.717, 1.165) is 17.0 Å². The second-order valence-electron chi connectivity index (χ2n) is 31.1. The number of aromatic amines is 3. The molecule has 6 aromatic rings. The van der Waals surface area contributed by atoms with Crippen LogP contribution in [-0.2, 0) is 109 Å². The Labute approximate surface area is 760 Å². The van der Waals surface area contributed by atoms with Crippen molar-refractivity contribution >= 4 is 113 Å². The maximum atomic E-state index is 14.0. The van der Waals surface area contributed by atoms with E-state index in [1.54, 1.807) is 53.9 Å². The Hall–Kier alpha value is -11.8. The monoisotopic (exact) mass is 1990 g/mol. The van der Waals surface area contributed by atoms with E-state index in [2.05, 4.69) is 73.8 Å². The van der Waals surface area contributed by atoms with Crippen molar-refractivity contribution in [1.82, 2.24) is 62.8 Å². The minimum absolute atomic E-state index is 0. The summed E-state index contributed by atoms with van der Waals surface area (Å²) in [5.41, 5.74) is -12.8. The Bertz CT molecular complexity index is 5210. The molecule has 0 aliphatic carbocycles. The smallest absolute Gasteiger partial charge is 0.496 e. The zero-order valence-corrected chi connectivity index (χ0v) is 77.1. The van der Waals surface area contributed by atoms with Crippen molar-refractivity contribution in [1.29, 1.82) is 15.8 Å². The number of hydrogen-bond donors (Lipinski definition) is 14. The van der Waals surface area contributed by atoms with E-state index in [4.69, 9.17) is 46.2 Å². The molecule has 9 rings (SSSR count). The summed E-state index contributed by atoms with van der Waals surface area (Å²) >= 11 is 0. The molecular formula is C79H96F15N15O20S2Zn. The van der Waals surface area contributed by atoms with E-state index in [0.29, 0.717) is 56.8 Å². The van der Waals surface area contributed by atoms with Crippen LogP contribution in [0.5, 0.6) is 17.2 Å². The number of H-pyrrole nitrogens is 3. The molecular weight excluding hydrogens is 1890 g/mol. The number of hydrogen-bond acceptors (Lipinski definition) is 24. The minimum atomic E-state index is -5.08. The van der Waals surface area contributed by atoms with Gasteiger partial charge in [0.05, 0.1) is 72.7 Å². The van der Waals surface area contributed by atoms with Gasteiger partial charge in [-0.25, -0.2) is 9.68 Å². The molecule has 0 radical (unpaired) electrons. The number of amides is 9. The van der Waals surface area contributed by atoms with Crippen LogP contribution in [0, 0.1) is 69.5 Å². The van der Waals surface area contributed by atoms with Crippen LogP contribution in [0.1, 0.15) is 163 Å². The first kappa shape index (κ1) is 116. The van der Waals surface area contributed by atoms with Crippen molar-refractivity contribution in [2.75, 3.05) is 41.0 Å². The molecule has 9 amide bonds. The van der Waals surface area contributed by atoms with Crippen molar-refractivity contribution in [2.45, 2.75) is 191 Å². The van der Waals surface area contributed by atoms with Crippen molar-refractivity contribution in [2.24, 2.45) is 35.5 Å². The predicted octanol–water partition coefficient (Wildman–Crippen LogP) is 11.1. The average molecular weight is 1990 g/mol. The van der Waals surface area contributed by atoms with Gasteiger partial charge in [-0.1, -0.05) is 53.7 Å². The molecule has 0 spiro atoms. The van der Waals surface area contributed by atoms with E-state index in [1.807, 2.05) is 52.0 Å². The van der Waals surface area contributed by atoms with Crippen LogP contribution in [0.4, 0.5) is 65.9 Å². The Morgan fingerprint density at radius 1 is 0.485 bits per heavy atom. The number of ether oxygens (including phenoxy) is 3. The number of aromatic nitrogens is 3. The number of halogens is 15. The van der Waals surface area contributed by atoms with Crippen molar-refractivity contribution in [3.63, 3.8) is 0 Å². The molecule has 3 aromatic carbocycles. The Morgan fingerprint density at radius 2 is 0.811 bits per heavy atom. The molecule has 53 heteroatoms. The second-order valence-corrected chi connectivity index (χ2v) is 33.0. The number of carbonyl (C=O) groups excluding carboxylic acids is 9. The third-order valence-electron chi connectivity index (χ3n) is 18.5. The number of rotatable bonds is 27. The van der Waals surface area contributed by atoms with Gasteiger partial charge in [-0.2, -0.15) is 81.6 Å². The Kier molecular flexibility index (Phi) is 45.7. The van der Waals surface area contributed by atoms with E-state index >= 15 is 0 Å². The Morgan fingerprint density at radius 3 is 1.11 bits per heavy atom. The standard InChI is InChI=1S/2C24H28F3N5O4.C23H29N5O4.C4H10O2.C2HF3O2.2CF3O2S.Zn/c1-12(2)8-17(22(34)30-14(11-28)9-13-6-7-29-21(13)33)32-23(35)18-10-15-19(36-3)5-4-16(20(15)31-18)24(25,26)27;1-12(2)9-16(22(34)30-14(11-28)10-13-7-8-29-21(13)33)32-23(35)20-19(24(25,26)27)18-15(31-20)5-4-6-17(18)36-3;1-13(2)9-18(22(30)26-15(12-24)10-14-7-8-25-21(14)29)28-23(31)19-11-16-17(27-19)5-4-6-20(16)32-3;1-4(2,3)6-5;3-2(4,5)1(6)7;2*2-1(3,4)7(5)6;/h4-5,10,12-14,17,31H,6-9H2,1-3H3,(H,29,33)(H,30,34)(H,32,35);4-6,12-14,16,31H,7-10H2,1-3H3,(H,29,33)(H,30,34)(H,32,35);4-6,11,13-15,18,27H,7-10H2,1-3H3,(H,25,29)(H,26,30)(H,28,31);5H,1-3H3;(H,6,7);;;/q;;;;;2*-1;+2/t13-,14-,17-;13-,14-,16-;14-,15-,18-;;;;;/m000...../s1. The van der Waals surface area contributed by atoms with Crippen molar-refractivity contribution in [3.05, 3.63) is 88.9 Å². The molecule has 0 saturated carbocycles. The third kappa shape index (κ3) is 37.5. The molecule has 3 aromatic heterocycles. The molecule has 3 aliphatic rings. The van der Waals surface area contributed by atoms with Gasteiger partial charge < -0.3 is 99.0 Å². The zero-order valence-electron chi connectivity index (χ0n) is 72.5. The number of aliphatic carboxylic acids is 1. The van der Waals surface area contributed by atoms with Crippen LogP contribution < -0.4 is 62.1 Å². The molecule has 14 N–H and O–H groups in total. The fourth-order valence-corrected chi connectivity index (χ4v) is 12.5. The number of nitriles is 3. The van der Waals surface area contributed by atoms with Gasteiger partial charge in [-0.15, -0.1) is 0 Å². The van der Waals surface area contributed by atoms with Gasteiger partial charge in [0.15, 0.2) is 0 Å². The summed E-state index contributed by atoms with van der Waals surface area (Å²) in [6.45, 7) is 18.0. The molecule has 0 bridgehead atoms. The number of fused-ring (bicyclic) bond motifs is 3. The summed E-state index contributed by atoms with van der Waals surface area (Å²) in [5, 5.41) is 67.6. The van der Waals surface area contributed by atoms with E-state index in [9.17, 15) is 125 Å². The first-order valence-electron chi connectivity index (χ1n) is 39.1. The van der Waals surface area contributed by atoms with Gasteiger partial charge >= 0.3 is 55.0 Å². The first-order valence-corrected chi connectivity index (χ1v) is 41.3. The number of methoxy groups -OCH3 is 3. The summed E-state index contributed by atoms with van der Waals surface area (Å²) in [7, 11) is -3.77. The Balaban J connectivity index is 0.000000583. The number of nitrogens with zero attached hydrogens (tertiary/aromatic N) is 3. The van der Waals surface area contributed by atoms with E-state index in [-0.39, 0.29) is 132 Å². The summed E-state index contributed by atoms with van der Waals surface area (Å²) in [6, 6.07) is 14.8. The number of carboxylic acids is 1. The maximum Gasteiger partial charge on any atom is 2.00 e. The zero-order chi connectivity index (χ0) is 99.9. The fraction of sp³-hybridized carbons (Fsp3) is 0.532. The molecule has 0 unspecified atom stereocenters. The average Bonchev–Trinajstić information content (AvgIpc) is 1.60. The van der Waals surface area contributed by atoms with Gasteiger partial charge in [0, 0.05) is 75.1 Å². The topological polar surface area (TPSA) is 543 Å². The van der Waals surface area contributed by atoms with Crippen LogP contribution in [0.15, 0.2) is 60.7 Å². The van der Waals surface area contributed by atoms with Gasteiger partial charge in [0.1, 0.15) is 70.6 Å². The van der Waals surface area contributed by atoms with Crippen LogP contribution >= 0.6 is 0 Å². The van der Waals surface area contributed by atoms with Crippen molar-refractivity contribution in [3.8, 4) is 35.5 Å². The minimum Gasteiger partial charge on any atom is -0.496 e. The number of carbonyl (C=O) groups is 10. The maximum absolute atomic E-state index is 14.0. The van der Waals surface area contributed by atoms with Gasteiger partial charge in [-0.05, 0) is 145 Å². The molecule has 3 aliphatic heterocycles. The van der Waals surface area contributed by atoms with Crippen LogP contribution in [0.2, 0.25) is 0 Å². The quantitative estimate of drug-likeness (QED) is 0.00749. The van der Waals surface area contributed by atoms with Crippen molar-refractivity contribution < 1.29 is 180 Å². The number of carboxylic acid groups (broad SMARTS) is 1. The second kappa shape index (κ2) is 51.9. The summed E-state index contributed by atoms with van der Waals surface area (Å²) in [6.07, 6.45) is -11.7. The predicted molar refractivity (Wildman–Crippen MR) is 433 cm³/mol. The van der Waals surface area contributed by atoms with Crippen LogP contribution in [0.3, 0.4) is 0 Å². The summed E-state index contributed by atoms with van der Waals surface area (Å²) in [5.74, 6) is -7.71. The van der Waals surface area contributed by atoms with E-state index in [1.165, 1.54) is 44.6 Å². The molecule has 9 atom stereocenters. The summed E-state index contributed by atoms with van der Waals surface area (Å²) in [4.78, 5) is 134. The molecule has 3 fully saturated rings. The molecule has 6 heterocycles. The van der Waals surface area contributed by atoms with E-state index < -0.39 is 163 Å².